The molecule has 2 atom stereocenters. The predicted octanol–water partition coefficient (Wildman–Crippen LogP) is 2.24. The van der Waals surface area contributed by atoms with Crippen LogP contribution in [0.5, 0.6) is 11.5 Å². The van der Waals surface area contributed by atoms with E-state index in [0.717, 1.165) is 0 Å². The van der Waals surface area contributed by atoms with E-state index in [-0.39, 0.29) is 31.2 Å². The van der Waals surface area contributed by atoms with Crippen molar-refractivity contribution < 1.29 is 23.8 Å². The summed E-state index contributed by atoms with van der Waals surface area (Å²) in [7, 11) is 0. The average Bonchev–Trinajstić information content (AvgIpc) is 3.07. The summed E-state index contributed by atoms with van der Waals surface area (Å²) in [6, 6.07) is 10.1. The largest absolute Gasteiger partial charge is 0.457 e. The van der Waals surface area contributed by atoms with E-state index in [1.165, 1.54) is 23.1 Å². The summed E-state index contributed by atoms with van der Waals surface area (Å²) in [4.78, 5) is 25.7. The van der Waals surface area contributed by atoms with Gasteiger partial charge in [-0.15, -0.1) is 0 Å². The second-order valence-corrected chi connectivity index (χ2v) is 7.20. The highest BCUT2D eigenvalue weighted by atomic mass is 79.9. The highest BCUT2D eigenvalue weighted by Crippen LogP contribution is 2.27. The molecule has 0 spiro atoms. The average molecular weight is 452 g/mol. The van der Waals surface area contributed by atoms with Crippen molar-refractivity contribution in [2.75, 3.05) is 18.4 Å². The fourth-order valence-corrected chi connectivity index (χ4v) is 3.32. The van der Waals surface area contributed by atoms with Crippen LogP contribution in [0.25, 0.3) is 0 Å². The number of β-amino-alcohol motifs (C(OH)–C–C–N with tert-alkyl or cyclic N) is 1. The minimum Gasteiger partial charge on any atom is -0.457 e. The maximum absolute atomic E-state index is 13.3. The zero-order valence-corrected chi connectivity index (χ0v) is 16.4. The maximum atomic E-state index is 13.3. The number of carbonyl (C=O) groups excluding carboxylic acids is 2. The number of anilines is 1. The zero-order valence-electron chi connectivity index (χ0n) is 14.8. The Morgan fingerprint density at radius 3 is 2.57 bits per heavy atom. The second kappa shape index (κ2) is 8.68. The van der Waals surface area contributed by atoms with Gasteiger partial charge in [0.15, 0.2) is 0 Å². The number of nitrogens with two attached hydrogens (primary N) is 1. The molecule has 148 valence electrons. The quantitative estimate of drug-likeness (QED) is 0.646. The van der Waals surface area contributed by atoms with Crippen LogP contribution in [0.4, 0.5) is 10.1 Å². The monoisotopic (exact) mass is 451 g/mol. The Kier molecular flexibility index (Phi) is 6.28. The molecule has 1 aliphatic heterocycles. The van der Waals surface area contributed by atoms with Crippen LogP contribution in [0.2, 0.25) is 0 Å². The van der Waals surface area contributed by atoms with Gasteiger partial charge in [0.05, 0.1) is 17.1 Å². The zero-order chi connectivity index (χ0) is 20.3. The van der Waals surface area contributed by atoms with Crippen LogP contribution in [0.3, 0.4) is 0 Å². The third kappa shape index (κ3) is 4.67. The van der Waals surface area contributed by atoms with E-state index in [1.54, 1.807) is 24.3 Å². The normalized spacial score (nSPS) is 18.8. The number of aliphatic hydroxyl groups excluding tert-OH is 1. The Balaban J connectivity index is 1.64. The Bertz CT molecular complexity index is 878. The molecular formula is C19H19BrFN3O4. The van der Waals surface area contributed by atoms with Crippen LogP contribution in [-0.2, 0) is 9.59 Å². The lowest BCUT2D eigenvalue weighted by Crippen LogP contribution is -2.45. The number of hydrogen-bond acceptors (Lipinski definition) is 5. The summed E-state index contributed by atoms with van der Waals surface area (Å²) >= 11 is 3.10. The van der Waals surface area contributed by atoms with Gasteiger partial charge >= 0.3 is 0 Å². The van der Waals surface area contributed by atoms with E-state index in [2.05, 4.69) is 21.2 Å². The number of benzene rings is 2. The molecule has 2 amide bonds. The fraction of sp³-hybridized carbons (Fsp3) is 0.263. The van der Waals surface area contributed by atoms with Crippen molar-refractivity contribution in [3.05, 3.63) is 52.8 Å². The molecule has 0 aliphatic carbocycles. The molecule has 0 radical (unpaired) electrons. The van der Waals surface area contributed by atoms with Crippen LogP contribution in [0.1, 0.15) is 6.42 Å². The van der Waals surface area contributed by atoms with Crippen molar-refractivity contribution >= 4 is 33.4 Å². The molecule has 0 unspecified atom stereocenters. The van der Waals surface area contributed by atoms with Gasteiger partial charge in [0.25, 0.3) is 0 Å². The lowest BCUT2D eigenvalue weighted by Gasteiger charge is -2.23. The minimum atomic E-state index is -0.765. The number of ether oxygens (including phenoxy) is 1. The number of halogens is 2. The van der Waals surface area contributed by atoms with Crippen molar-refractivity contribution in [2.45, 2.75) is 18.6 Å². The van der Waals surface area contributed by atoms with Crippen molar-refractivity contribution in [3.63, 3.8) is 0 Å². The molecule has 9 heteroatoms. The van der Waals surface area contributed by atoms with Crippen LogP contribution in [-0.4, -0.2) is 47.1 Å². The summed E-state index contributed by atoms with van der Waals surface area (Å²) in [5.41, 5.74) is 5.88. The van der Waals surface area contributed by atoms with Crippen LogP contribution in [0, 0.1) is 5.82 Å². The van der Waals surface area contributed by atoms with Gasteiger partial charge in [-0.2, -0.15) is 0 Å². The van der Waals surface area contributed by atoms with Gasteiger partial charge in [-0.05, 0) is 58.4 Å². The third-order valence-corrected chi connectivity index (χ3v) is 4.93. The molecule has 7 nitrogen and oxygen atoms in total. The fourth-order valence-electron chi connectivity index (χ4n) is 2.96. The standard InChI is InChI=1S/C19H19BrFN3O4/c20-15-8-14(5-6-16(15)21)28-13-3-1-11(2-4-13)23-19(27)17-7-12(25)10-24(17)18(26)9-22/h1-6,8,12,17,25H,7,9-10,22H2,(H,23,27)/t12-,17+/m1/s1. The van der Waals surface area contributed by atoms with Crippen LogP contribution >= 0.6 is 15.9 Å². The first-order valence-electron chi connectivity index (χ1n) is 8.59. The number of aliphatic hydroxyl groups is 1. The van der Waals surface area contributed by atoms with Gasteiger partial charge in [0.1, 0.15) is 23.4 Å². The summed E-state index contributed by atoms with van der Waals surface area (Å²) in [5.74, 6) is -0.196. The summed E-state index contributed by atoms with van der Waals surface area (Å²) in [6.07, 6.45) is -0.588. The molecule has 0 aromatic heterocycles. The van der Waals surface area contributed by atoms with Crippen molar-refractivity contribution in [1.29, 1.82) is 0 Å². The van der Waals surface area contributed by atoms with Crippen molar-refractivity contribution in [1.82, 2.24) is 4.90 Å². The van der Waals surface area contributed by atoms with E-state index in [9.17, 15) is 19.1 Å². The van der Waals surface area contributed by atoms with Crippen LogP contribution < -0.4 is 15.8 Å². The second-order valence-electron chi connectivity index (χ2n) is 6.35. The highest BCUT2D eigenvalue weighted by molar-refractivity contribution is 9.10. The Hall–Kier alpha value is -2.49. The van der Waals surface area contributed by atoms with Gasteiger partial charge in [-0.3, -0.25) is 9.59 Å². The van der Waals surface area contributed by atoms with Gasteiger partial charge in [-0.25, -0.2) is 4.39 Å². The third-order valence-electron chi connectivity index (χ3n) is 4.33. The van der Waals surface area contributed by atoms with E-state index >= 15 is 0 Å². The molecule has 2 aromatic rings. The van der Waals surface area contributed by atoms with Gasteiger partial charge < -0.3 is 25.8 Å². The predicted molar refractivity (Wildman–Crippen MR) is 104 cm³/mol. The highest BCUT2D eigenvalue weighted by Gasteiger charge is 2.38. The van der Waals surface area contributed by atoms with E-state index in [4.69, 9.17) is 10.5 Å². The topological polar surface area (TPSA) is 105 Å². The Morgan fingerprint density at radius 2 is 1.93 bits per heavy atom. The number of hydrogen-bond donors (Lipinski definition) is 3. The number of carbonyl (C=O) groups is 2. The van der Waals surface area contributed by atoms with Gasteiger partial charge in [-0.1, -0.05) is 0 Å². The molecule has 28 heavy (non-hydrogen) atoms. The molecule has 1 heterocycles. The van der Waals surface area contributed by atoms with Crippen LogP contribution in [0.15, 0.2) is 46.9 Å². The molecule has 1 aliphatic rings. The van der Waals surface area contributed by atoms with E-state index in [1.807, 2.05) is 0 Å². The SMILES string of the molecule is NCC(=O)N1C[C@H](O)C[C@H]1C(=O)Nc1ccc(Oc2ccc(F)c(Br)c2)cc1. The molecule has 0 saturated carbocycles. The Labute approximate surface area is 169 Å². The number of amides is 2. The molecule has 4 N–H and O–H groups in total. The van der Waals surface area contributed by atoms with Crippen molar-refractivity contribution in [3.8, 4) is 11.5 Å². The summed E-state index contributed by atoms with van der Waals surface area (Å²) < 4.78 is 19.2. The number of nitrogens with one attached hydrogen (secondary N) is 1. The lowest BCUT2D eigenvalue weighted by atomic mass is 10.1. The maximum Gasteiger partial charge on any atom is 0.247 e. The molecular weight excluding hydrogens is 433 g/mol. The smallest absolute Gasteiger partial charge is 0.247 e. The molecule has 0 bridgehead atoms. The molecule has 1 fully saturated rings. The summed E-state index contributed by atoms with van der Waals surface area (Å²) in [6.45, 7) is -0.129. The summed E-state index contributed by atoms with van der Waals surface area (Å²) in [5, 5.41) is 12.5. The van der Waals surface area contributed by atoms with E-state index in [0.29, 0.717) is 21.7 Å². The molecule has 2 aromatic carbocycles. The molecule has 3 rings (SSSR count). The first-order chi connectivity index (χ1) is 13.4. The Morgan fingerprint density at radius 1 is 1.25 bits per heavy atom. The number of likely N-dealkylation sites (tertiary alicyclic amines) is 1. The van der Waals surface area contributed by atoms with Gasteiger partial charge in [0, 0.05) is 18.7 Å². The number of rotatable bonds is 5. The number of nitrogens with zero attached hydrogens (tertiary/aromatic N) is 1. The van der Waals surface area contributed by atoms with Crippen molar-refractivity contribution in [2.24, 2.45) is 5.73 Å². The first kappa shape index (κ1) is 20.2. The first-order valence-corrected chi connectivity index (χ1v) is 9.38. The minimum absolute atomic E-state index is 0.0914. The van der Waals surface area contributed by atoms with E-state index < -0.39 is 18.1 Å². The van der Waals surface area contributed by atoms with Gasteiger partial charge in [0.2, 0.25) is 11.8 Å². The lowest BCUT2D eigenvalue weighted by molar-refractivity contribution is -0.135. The molecule has 1 saturated heterocycles.